The number of nitrogens with one attached hydrogen (secondary N) is 1. The molecule has 0 aliphatic carbocycles. The van der Waals surface area contributed by atoms with E-state index in [0.717, 1.165) is 6.08 Å². The van der Waals surface area contributed by atoms with Crippen molar-refractivity contribution in [2.24, 2.45) is 10.8 Å². The number of hydrogen-bond donors (Lipinski definition) is 1. The lowest BCUT2D eigenvalue weighted by atomic mass is 9.63. The van der Waals surface area contributed by atoms with Gasteiger partial charge in [-0.1, -0.05) is 60.3 Å². The molecule has 0 bridgehead atoms. The monoisotopic (exact) mass is 345 g/mol. The van der Waals surface area contributed by atoms with Crippen LogP contribution in [0.1, 0.15) is 63.4 Å². The van der Waals surface area contributed by atoms with Gasteiger partial charge in [0.2, 0.25) is 0 Å². The smallest absolute Gasteiger partial charge is 0.330 e. The Kier molecular flexibility index (Phi) is 6.97. The number of benzene rings is 1. The Morgan fingerprint density at radius 2 is 1.60 bits per heavy atom. The fraction of sp³-hybridized carbons (Fsp3) is 0.524. The molecule has 0 aromatic heterocycles. The molecule has 0 aliphatic heterocycles. The van der Waals surface area contributed by atoms with Crippen molar-refractivity contribution >= 4 is 11.9 Å². The lowest BCUT2D eigenvalue weighted by molar-refractivity contribution is -0.137. The van der Waals surface area contributed by atoms with Gasteiger partial charge in [0.05, 0.1) is 6.54 Å². The third-order valence-corrected chi connectivity index (χ3v) is 4.04. The molecule has 138 valence electrons. The fourth-order valence-electron chi connectivity index (χ4n) is 3.60. The number of ether oxygens (including phenoxy) is 1. The van der Waals surface area contributed by atoms with Crippen molar-refractivity contribution in [1.82, 2.24) is 5.32 Å². The Morgan fingerprint density at radius 1 is 1.08 bits per heavy atom. The Balaban J connectivity index is 2.76. The standard InChI is InChI=1S/C21H31NO3/c1-8-17(23)25-14-13-22-19(24)16-11-9-15(10-12-16)18(20(2,3)4)21(5,6)7/h8-12,18H,1,13-14H2,2-7H3,(H,22,24). The number of amides is 1. The molecular weight excluding hydrogens is 314 g/mol. The molecule has 1 amide bonds. The summed E-state index contributed by atoms with van der Waals surface area (Å²) < 4.78 is 4.83. The Morgan fingerprint density at radius 3 is 2.04 bits per heavy atom. The number of carbonyl (C=O) groups is 2. The molecule has 4 nitrogen and oxygen atoms in total. The van der Waals surface area contributed by atoms with E-state index in [1.54, 1.807) is 0 Å². The minimum atomic E-state index is -0.492. The molecule has 0 unspecified atom stereocenters. The average Bonchev–Trinajstić information content (AvgIpc) is 2.49. The maximum absolute atomic E-state index is 12.2. The summed E-state index contributed by atoms with van der Waals surface area (Å²) >= 11 is 0. The number of carbonyl (C=O) groups excluding carboxylic acids is 2. The molecule has 1 rings (SSSR count). The van der Waals surface area contributed by atoms with Gasteiger partial charge in [0.15, 0.2) is 0 Å². The topological polar surface area (TPSA) is 55.4 Å². The van der Waals surface area contributed by atoms with Crippen LogP contribution in [0.4, 0.5) is 0 Å². The van der Waals surface area contributed by atoms with Crippen molar-refractivity contribution in [2.45, 2.75) is 47.5 Å². The van der Waals surface area contributed by atoms with Crippen molar-refractivity contribution in [2.75, 3.05) is 13.2 Å². The van der Waals surface area contributed by atoms with Crippen molar-refractivity contribution in [3.05, 3.63) is 48.0 Å². The van der Waals surface area contributed by atoms with Gasteiger partial charge < -0.3 is 10.1 Å². The Bertz CT molecular complexity index is 590. The highest BCUT2D eigenvalue weighted by molar-refractivity contribution is 5.94. The zero-order valence-corrected chi connectivity index (χ0v) is 16.3. The molecule has 1 aromatic carbocycles. The van der Waals surface area contributed by atoms with E-state index in [9.17, 15) is 9.59 Å². The average molecular weight is 345 g/mol. The first-order valence-electron chi connectivity index (χ1n) is 8.64. The van der Waals surface area contributed by atoms with Crippen molar-refractivity contribution in [3.63, 3.8) is 0 Å². The second kappa shape index (κ2) is 8.32. The SMILES string of the molecule is C=CC(=O)OCCNC(=O)c1ccc(C(C(C)(C)C)C(C)(C)C)cc1. The van der Waals surface area contributed by atoms with E-state index in [-0.39, 0.29) is 29.9 Å². The van der Waals surface area contributed by atoms with Crippen LogP contribution in [-0.4, -0.2) is 25.0 Å². The normalized spacial score (nSPS) is 12.0. The summed E-state index contributed by atoms with van der Waals surface area (Å²) in [5.41, 5.74) is 2.07. The molecule has 0 fully saturated rings. The van der Waals surface area contributed by atoms with Gasteiger partial charge in [-0.15, -0.1) is 0 Å². The van der Waals surface area contributed by atoms with E-state index in [1.165, 1.54) is 5.56 Å². The second-order valence-corrected chi connectivity index (χ2v) is 8.41. The molecule has 0 aliphatic rings. The number of hydrogen-bond acceptors (Lipinski definition) is 3. The van der Waals surface area contributed by atoms with Crippen LogP contribution in [0.2, 0.25) is 0 Å². The van der Waals surface area contributed by atoms with E-state index in [0.29, 0.717) is 11.5 Å². The van der Waals surface area contributed by atoms with Crippen LogP contribution in [0.5, 0.6) is 0 Å². The minimum Gasteiger partial charge on any atom is -0.461 e. The number of rotatable bonds is 6. The van der Waals surface area contributed by atoms with Gasteiger partial charge in [-0.25, -0.2) is 4.79 Å². The van der Waals surface area contributed by atoms with E-state index in [4.69, 9.17) is 4.74 Å². The van der Waals surface area contributed by atoms with Gasteiger partial charge in [-0.05, 0) is 34.4 Å². The first-order chi connectivity index (χ1) is 11.5. The molecule has 4 heteroatoms. The van der Waals surface area contributed by atoms with E-state index >= 15 is 0 Å². The maximum Gasteiger partial charge on any atom is 0.330 e. The van der Waals surface area contributed by atoms with Crippen molar-refractivity contribution < 1.29 is 14.3 Å². The summed E-state index contributed by atoms with van der Waals surface area (Å²) in [4.78, 5) is 23.1. The predicted molar refractivity (Wildman–Crippen MR) is 102 cm³/mol. The molecule has 0 atom stereocenters. The first-order valence-corrected chi connectivity index (χ1v) is 8.64. The lowest BCUT2D eigenvalue weighted by Gasteiger charge is -2.41. The van der Waals surface area contributed by atoms with Crippen LogP contribution in [0.15, 0.2) is 36.9 Å². The van der Waals surface area contributed by atoms with Crippen molar-refractivity contribution in [3.8, 4) is 0 Å². The first kappa shape index (κ1) is 20.9. The molecule has 0 spiro atoms. The fourth-order valence-corrected chi connectivity index (χ4v) is 3.60. The zero-order chi connectivity index (χ0) is 19.3. The van der Waals surface area contributed by atoms with Crippen molar-refractivity contribution in [1.29, 1.82) is 0 Å². The van der Waals surface area contributed by atoms with Crippen LogP contribution in [0.25, 0.3) is 0 Å². The molecule has 0 saturated carbocycles. The van der Waals surface area contributed by atoms with Gasteiger partial charge >= 0.3 is 5.97 Å². The lowest BCUT2D eigenvalue weighted by Crippen LogP contribution is -2.30. The largest absolute Gasteiger partial charge is 0.461 e. The summed E-state index contributed by atoms with van der Waals surface area (Å²) in [5.74, 6) is -0.297. The molecule has 0 saturated heterocycles. The second-order valence-electron chi connectivity index (χ2n) is 8.41. The van der Waals surface area contributed by atoms with Crippen LogP contribution < -0.4 is 5.32 Å². The van der Waals surface area contributed by atoms with Gasteiger partial charge in [0, 0.05) is 11.6 Å². The van der Waals surface area contributed by atoms with Crippen LogP contribution in [-0.2, 0) is 9.53 Å². The summed E-state index contributed by atoms with van der Waals surface area (Å²) in [5, 5.41) is 2.74. The zero-order valence-electron chi connectivity index (χ0n) is 16.3. The molecule has 1 aromatic rings. The number of esters is 1. The van der Waals surface area contributed by atoms with Crippen LogP contribution in [0, 0.1) is 10.8 Å². The molecule has 1 N–H and O–H groups in total. The highest BCUT2D eigenvalue weighted by Crippen LogP contribution is 2.47. The van der Waals surface area contributed by atoms with E-state index < -0.39 is 5.97 Å². The third kappa shape index (κ3) is 6.37. The van der Waals surface area contributed by atoms with Gasteiger partial charge in [0.25, 0.3) is 5.91 Å². The summed E-state index contributed by atoms with van der Waals surface area (Å²) in [6.45, 7) is 17.2. The summed E-state index contributed by atoms with van der Waals surface area (Å²) in [7, 11) is 0. The van der Waals surface area contributed by atoms with Gasteiger partial charge in [-0.2, -0.15) is 0 Å². The molecular formula is C21H31NO3. The van der Waals surface area contributed by atoms with Crippen LogP contribution >= 0.6 is 0 Å². The predicted octanol–water partition coefficient (Wildman–Crippen LogP) is 4.32. The van der Waals surface area contributed by atoms with Gasteiger partial charge in [0.1, 0.15) is 6.61 Å². The van der Waals surface area contributed by atoms with E-state index in [2.05, 4.69) is 53.4 Å². The summed E-state index contributed by atoms with van der Waals surface area (Å²) in [6, 6.07) is 7.78. The highest BCUT2D eigenvalue weighted by Gasteiger charge is 2.35. The Labute approximate surface area is 151 Å². The van der Waals surface area contributed by atoms with Gasteiger partial charge in [-0.3, -0.25) is 4.79 Å². The third-order valence-electron chi connectivity index (χ3n) is 4.04. The summed E-state index contributed by atoms with van der Waals surface area (Å²) in [6.07, 6.45) is 1.10. The van der Waals surface area contributed by atoms with Crippen LogP contribution in [0.3, 0.4) is 0 Å². The molecule has 0 heterocycles. The quantitative estimate of drug-likeness (QED) is 0.474. The Hall–Kier alpha value is -2.10. The highest BCUT2D eigenvalue weighted by atomic mass is 16.5. The molecule has 0 radical (unpaired) electrons. The van der Waals surface area contributed by atoms with E-state index in [1.807, 2.05) is 24.3 Å². The molecule has 25 heavy (non-hydrogen) atoms. The maximum atomic E-state index is 12.2. The minimum absolute atomic E-state index is 0.122.